The zero-order valence-electron chi connectivity index (χ0n) is 16.5. The molecule has 2 aromatic carbocycles. The van der Waals surface area contributed by atoms with Gasteiger partial charge in [-0.25, -0.2) is 8.42 Å². The molecule has 2 bridgehead atoms. The van der Waals surface area contributed by atoms with E-state index >= 15 is 0 Å². The van der Waals surface area contributed by atoms with E-state index in [1.807, 2.05) is 24.3 Å². The van der Waals surface area contributed by atoms with E-state index in [-0.39, 0.29) is 12.4 Å². The summed E-state index contributed by atoms with van der Waals surface area (Å²) in [6, 6.07) is 15.3. The molecule has 0 aliphatic carbocycles. The van der Waals surface area contributed by atoms with E-state index in [2.05, 4.69) is 21.9 Å². The van der Waals surface area contributed by atoms with Gasteiger partial charge in [0, 0.05) is 53.7 Å². The fourth-order valence-corrected chi connectivity index (χ4v) is 6.68. The monoisotopic (exact) mass is 439 g/mol. The Hall–Kier alpha value is -2.41. The minimum Gasteiger partial charge on any atom is -0.347 e. The Balaban J connectivity index is 0.00000193. The van der Waals surface area contributed by atoms with Gasteiger partial charge in [0.1, 0.15) is 0 Å². The topological polar surface area (TPSA) is 64.0 Å². The molecule has 1 fully saturated rings. The molecule has 7 heteroatoms. The molecule has 0 saturated carbocycles. The van der Waals surface area contributed by atoms with Crippen molar-refractivity contribution in [3.05, 3.63) is 66.0 Å². The van der Waals surface area contributed by atoms with E-state index in [1.165, 1.54) is 17.7 Å². The van der Waals surface area contributed by atoms with E-state index in [4.69, 9.17) is 0 Å². The van der Waals surface area contributed by atoms with Gasteiger partial charge in [-0.1, -0.05) is 6.07 Å². The Labute approximate surface area is 181 Å². The number of fused-ring (bicyclic) bond motifs is 7. The molecule has 30 heavy (non-hydrogen) atoms. The fourth-order valence-electron chi connectivity index (χ4n) is 5.19. The smallest absolute Gasteiger partial charge is 0.207 e. The number of hydrogen-bond donors (Lipinski definition) is 1. The zero-order chi connectivity index (χ0) is 19.8. The average Bonchev–Trinajstić information content (AvgIpc) is 3.26. The number of pyridine rings is 1. The van der Waals surface area contributed by atoms with Crippen LogP contribution in [0.15, 0.2) is 64.5 Å². The van der Waals surface area contributed by atoms with Crippen molar-refractivity contribution >= 4 is 44.1 Å². The number of nitrogens with zero attached hydrogens (tertiary/aromatic N) is 2. The molecule has 0 amide bonds. The molecule has 1 N–H and O–H groups in total. The van der Waals surface area contributed by atoms with Gasteiger partial charge < -0.3 is 9.88 Å². The van der Waals surface area contributed by atoms with Crippen LogP contribution in [-0.2, 0) is 23.3 Å². The molecule has 2 unspecified atom stereocenters. The van der Waals surface area contributed by atoms with Gasteiger partial charge in [0.15, 0.2) is 0 Å². The van der Waals surface area contributed by atoms with Gasteiger partial charge in [-0.2, -0.15) is 0 Å². The normalized spacial score (nSPS) is 20.3. The molecular weight excluding hydrogens is 418 g/mol. The van der Waals surface area contributed by atoms with Gasteiger partial charge >= 0.3 is 0 Å². The number of halogens is 1. The van der Waals surface area contributed by atoms with Gasteiger partial charge in [0.05, 0.1) is 15.3 Å². The third-order valence-electron chi connectivity index (χ3n) is 6.57. The maximum atomic E-state index is 13.6. The van der Waals surface area contributed by atoms with Crippen LogP contribution in [0.3, 0.4) is 0 Å². The van der Waals surface area contributed by atoms with Gasteiger partial charge in [-0.3, -0.25) is 4.98 Å². The number of sulfone groups is 1. The van der Waals surface area contributed by atoms with Crippen molar-refractivity contribution in [3.63, 3.8) is 0 Å². The van der Waals surface area contributed by atoms with Crippen LogP contribution < -0.4 is 5.32 Å². The predicted octanol–water partition coefficient (Wildman–Crippen LogP) is 4.33. The summed E-state index contributed by atoms with van der Waals surface area (Å²) < 4.78 is 29.4. The number of rotatable bonds is 2. The Morgan fingerprint density at radius 1 is 1.07 bits per heavy atom. The summed E-state index contributed by atoms with van der Waals surface area (Å²) in [4.78, 5) is 4.96. The summed E-state index contributed by atoms with van der Waals surface area (Å²) in [7, 11) is -1.56. The van der Waals surface area contributed by atoms with E-state index in [1.54, 1.807) is 30.5 Å². The van der Waals surface area contributed by atoms with Crippen molar-refractivity contribution in [2.45, 2.75) is 41.1 Å². The third kappa shape index (κ3) is 2.64. The van der Waals surface area contributed by atoms with Crippen molar-refractivity contribution in [1.82, 2.24) is 14.9 Å². The van der Waals surface area contributed by atoms with Crippen molar-refractivity contribution in [3.8, 4) is 0 Å². The van der Waals surface area contributed by atoms with Crippen LogP contribution in [0, 0.1) is 0 Å². The maximum Gasteiger partial charge on any atom is 0.207 e. The molecule has 2 aliphatic rings. The highest BCUT2D eigenvalue weighted by molar-refractivity contribution is 7.91. The number of benzene rings is 2. The maximum absolute atomic E-state index is 13.6. The largest absolute Gasteiger partial charge is 0.347 e. The molecule has 5 nitrogen and oxygen atoms in total. The third-order valence-corrected chi connectivity index (χ3v) is 8.38. The van der Waals surface area contributed by atoms with Crippen LogP contribution in [-0.4, -0.2) is 24.0 Å². The molecule has 1 saturated heterocycles. The summed E-state index contributed by atoms with van der Waals surface area (Å²) in [5.74, 6) is 0. The average molecular weight is 440 g/mol. The number of aromatic nitrogens is 2. The molecule has 6 rings (SSSR count). The van der Waals surface area contributed by atoms with Crippen LogP contribution in [0.5, 0.6) is 0 Å². The highest BCUT2D eigenvalue weighted by Crippen LogP contribution is 2.42. The minimum absolute atomic E-state index is 0. The molecule has 2 aromatic heterocycles. The molecule has 4 aromatic rings. The standard InChI is InChI=1S/C23H21N3O2S.ClH/c1-26-20-10-8-15(13-17(20)23-19-9-7-14(25-19)12-21(23)26)29(27,28)22-6-2-5-18-16(22)4-3-11-24-18;/h2-6,8,10-11,13-14,19,25H,7,9,12H2,1H3;1H. The van der Waals surface area contributed by atoms with E-state index in [0.717, 1.165) is 23.7 Å². The van der Waals surface area contributed by atoms with Gasteiger partial charge in [-0.05, 0) is 60.9 Å². The lowest BCUT2D eigenvalue weighted by Gasteiger charge is -2.23. The second kappa shape index (κ2) is 6.80. The van der Waals surface area contributed by atoms with E-state index in [9.17, 15) is 8.42 Å². The Bertz CT molecular complexity index is 1410. The van der Waals surface area contributed by atoms with Crippen LogP contribution in [0.1, 0.15) is 30.1 Å². The number of nitrogens with one attached hydrogen (secondary N) is 1. The van der Waals surface area contributed by atoms with Crippen molar-refractivity contribution in [2.24, 2.45) is 7.05 Å². The minimum atomic E-state index is -3.66. The first-order valence-corrected chi connectivity index (χ1v) is 11.5. The zero-order valence-corrected chi connectivity index (χ0v) is 18.1. The Kier molecular flexibility index (Phi) is 4.43. The first kappa shape index (κ1) is 19.5. The molecule has 154 valence electrons. The highest BCUT2D eigenvalue weighted by atomic mass is 35.5. The molecule has 2 aliphatic heterocycles. The van der Waals surface area contributed by atoms with Gasteiger partial charge in [0.2, 0.25) is 9.84 Å². The second-order valence-electron chi connectivity index (χ2n) is 8.13. The molecule has 0 spiro atoms. The van der Waals surface area contributed by atoms with Crippen molar-refractivity contribution in [1.29, 1.82) is 0 Å². The fraction of sp³-hybridized carbons (Fsp3) is 0.261. The van der Waals surface area contributed by atoms with E-state index < -0.39 is 9.84 Å². The van der Waals surface area contributed by atoms with Crippen LogP contribution in [0.25, 0.3) is 21.8 Å². The predicted molar refractivity (Wildman–Crippen MR) is 120 cm³/mol. The number of hydrogen-bond acceptors (Lipinski definition) is 4. The Morgan fingerprint density at radius 3 is 2.80 bits per heavy atom. The molecular formula is C23H22ClN3O2S. The Morgan fingerprint density at radius 2 is 1.93 bits per heavy atom. The SMILES string of the molecule is Cl.Cn1c2c(c3cc(S(=O)(=O)c4cccc5ncccc45)ccc31)C1CCC(C2)N1. The van der Waals surface area contributed by atoms with Crippen LogP contribution in [0.2, 0.25) is 0 Å². The van der Waals surface area contributed by atoms with Crippen LogP contribution >= 0.6 is 12.4 Å². The van der Waals surface area contributed by atoms with Crippen LogP contribution in [0.4, 0.5) is 0 Å². The van der Waals surface area contributed by atoms with Crippen molar-refractivity contribution in [2.75, 3.05) is 0 Å². The van der Waals surface area contributed by atoms with Crippen molar-refractivity contribution < 1.29 is 8.42 Å². The molecule has 2 atom stereocenters. The molecule has 0 radical (unpaired) electrons. The first-order valence-electron chi connectivity index (χ1n) is 10.00. The molecule has 4 heterocycles. The van der Waals surface area contributed by atoms with E-state index in [0.29, 0.717) is 32.8 Å². The summed E-state index contributed by atoms with van der Waals surface area (Å²) in [5.41, 5.74) is 4.42. The summed E-state index contributed by atoms with van der Waals surface area (Å²) >= 11 is 0. The summed E-state index contributed by atoms with van der Waals surface area (Å²) in [6.45, 7) is 0. The summed E-state index contributed by atoms with van der Waals surface area (Å²) in [5, 5.41) is 5.41. The highest BCUT2D eigenvalue weighted by Gasteiger charge is 2.36. The first-order chi connectivity index (χ1) is 14.0. The van der Waals surface area contributed by atoms with Gasteiger partial charge in [-0.15, -0.1) is 12.4 Å². The lowest BCUT2D eigenvalue weighted by molar-refractivity contribution is 0.503. The second-order valence-corrected chi connectivity index (χ2v) is 10.0. The van der Waals surface area contributed by atoms with Gasteiger partial charge in [0.25, 0.3) is 0 Å². The number of aryl methyl sites for hydroxylation is 1. The lowest BCUT2D eigenvalue weighted by Crippen LogP contribution is -2.32. The summed E-state index contributed by atoms with van der Waals surface area (Å²) in [6.07, 6.45) is 4.99. The lowest BCUT2D eigenvalue weighted by atomic mass is 9.99. The quantitative estimate of drug-likeness (QED) is 0.505.